The molecule has 0 radical (unpaired) electrons. The number of aryl methyl sites for hydroxylation is 1. The second-order valence-corrected chi connectivity index (χ2v) is 10.2. The van der Waals surface area contributed by atoms with Crippen LogP contribution in [0.1, 0.15) is 59.5 Å². The number of carbonyl (C=O) groups is 1. The molecule has 1 N–H and O–H groups in total. The molecular weight excluding hydrogens is 404 g/mol. The van der Waals surface area contributed by atoms with Crippen molar-refractivity contribution in [3.8, 4) is 0 Å². The summed E-state index contributed by atoms with van der Waals surface area (Å²) in [7, 11) is 0. The first kappa shape index (κ1) is 20.4. The van der Waals surface area contributed by atoms with E-state index in [1.54, 1.807) is 6.33 Å². The van der Waals surface area contributed by atoms with Gasteiger partial charge in [0.05, 0.1) is 10.3 Å². The number of rotatable bonds is 3. The summed E-state index contributed by atoms with van der Waals surface area (Å²) in [5.74, 6) is 2.16. The lowest BCUT2D eigenvalue weighted by atomic mass is 9.78. The fourth-order valence-corrected chi connectivity index (χ4v) is 6.25. The minimum atomic E-state index is 0.0430. The summed E-state index contributed by atoms with van der Waals surface area (Å²) in [5.41, 5.74) is 3.78. The number of aromatic nitrogens is 2. The number of nitrogens with zero attached hydrogens (tertiary/aromatic N) is 3. The van der Waals surface area contributed by atoms with Gasteiger partial charge in [-0.2, -0.15) is 0 Å². The van der Waals surface area contributed by atoms with E-state index in [1.165, 1.54) is 35.3 Å². The molecular formula is C25H30N4OS. The summed E-state index contributed by atoms with van der Waals surface area (Å²) >= 11 is 1.50. The highest BCUT2D eigenvalue weighted by Crippen LogP contribution is 2.37. The number of hydrogen-bond acceptors (Lipinski definition) is 5. The number of thiophene rings is 1. The SMILES string of the molecule is Cc1c(C(=O)NC2CCCC(C)C2C)sc2ncnc(N3CCc4ccccc4C3)c12. The van der Waals surface area contributed by atoms with Gasteiger partial charge >= 0.3 is 0 Å². The van der Waals surface area contributed by atoms with Crippen molar-refractivity contribution < 1.29 is 4.79 Å². The van der Waals surface area contributed by atoms with E-state index in [0.717, 1.165) is 52.4 Å². The molecule has 3 unspecified atom stereocenters. The highest BCUT2D eigenvalue weighted by molar-refractivity contribution is 7.20. The third-order valence-corrected chi connectivity index (χ3v) is 8.57. The van der Waals surface area contributed by atoms with E-state index in [4.69, 9.17) is 0 Å². The van der Waals surface area contributed by atoms with Crippen molar-refractivity contribution in [2.75, 3.05) is 11.4 Å². The van der Waals surface area contributed by atoms with Crippen LogP contribution in [0, 0.1) is 18.8 Å². The summed E-state index contributed by atoms with van der Waals surface area (Å²) in [6, 6.07) is 8.88. The van der Waals surface area contributed by atoms with Gasteiger partial charge in [0.2, 0.25) is 0 Å². The number of nitrogens with one attached hydrogen (secondary N) is 1. The molecule has 1 saturated carbocycles. The van der Waals surface area contributed by atoms with E-state index in [0.29, 0.717) is 11.8 Å². The van der Waals surface area contributed by atoms with Crippen molar-refractivity contribution in [1.82, 2.24) is 15.3 Å². The summed E-state index contributed by atoms with van der Waals surface area (Å²) in [6.07, 6.45) is 6.16. The lowest BCUT2D eigenvalue weighted by Gasteiger charge is -2.34. The molecule has 0 bridgehead atoms. The van der Waals surface area contributed by atoms with Crippen molar-refractivity contribution in [1.29, 1.82) is 0 Å². The van der Waals surface area contributed by atoms with Gasteiger partial charge in [-0.15, -0.1) is 11.3 Å². The molecule has 1 fully saturated rings. The van der Waals surface area contributed by atoms with Crippen LogP contribution in [0.4, 0.5) is 5.82 Å². The zero-order valence-corrected chi connectivity index (χ0v) is 19.3. The standard InChI is InChI=1S/C25H30N4OS/c1-15-7-6-10-20(16(15)2)28-24(30)22-17(3)21-23(26-14-27-25(21)31-22)29-12-11-18-8-4-5-9-19(18)13-29/h4-5,8-9,14-16,20H,6-7,10-13H2,1-3H3,(H,28,30). The molecule has 3 aromatic rings. The molecule has 0 spiro atoms. The molecule has 2 aliphatic rings. The Morgan fingerprint density at radius 1 is 1.16 bits per heavy atom. The predicted octanol–water partition coefficient (Wildman–Crippen LogP) is 5.12. The number of hydrogen-bond donors (Lipinski definition) is 1. The molecule has 3 heterocycles. The average molecular weight is 435 g/mol. The highest BCUT2D eigenvalue weighted by atomic mass is 32.1. The van der Waals surface area contributed by atoms with Crippen LogP contribution in [0.25, 0.3) is 10.2 Å². The molecule has 1 aromatic carbocycles. The molecule has 3 atom stereocenters. The maximum Gasteiger partial charge on any atom is 0.261 e. The van der Waals surface area contributed by atoms with Crippen LogP contribution in [0.2, 0.25) is 0 Å². The first-order valence-corrected chi connectivity index (χ1v) is 12.2. The van der Waals surface area contributed by atoms with Crippen molar-refractivity contribution in [2.24, 2.45) is 11.8 Å². The monoisotopic (exact) mass is 434 g/mol. The molecule has 1 amide bonds. The first-order chi connectivity index (χ1) is 15.0. The second kappa shape index (κ2) is 8.23. The summed E-state index contributed by atoms with van der Waals surface area (Å²) in [6.45, 7) is 8.38. The smallest absolute Gasteiger partial charge is 0.261 e. The van der Waals surface area contributed by atoms with Crippen LogP contribution in [0.3, 0.4) is 0 Å². The van der Waals surface area contributed by atoms with Gasteiger partial charge in [-0.05, 0) is 48.3 Å². The van der Waals surface area contributed by atoms with Crippen molar-refractivity contribution >= 4 is 33.3 Å². The molecule has 162 valence electrons. The van der Waals surface area contributed by atoms with Crippen LogP contribution in [-0.4, -0.2) is 28.5 Å². The summed E-state index contributed by atoms with van der Waals surface area (Å²) < 4.78 is 0. The van der Waals surface area contributed by atoms with Gasteiger partial charge in [0.25, 0.3) is 5.91 Å². The molecule has 0 saturated heterocycles. The fraction of sp³-hybridized carbons (Fsp3) is 0.480. The van der Waals surface area contributed by atoms with Gasteiger partial charge in [-0.25, -0.2) is 9.97 Å². The second-order valence-electron chi connectivity index (χ2n) is 9.22. The Labute approximate surface area is 187 Å². The van der Waals surface area contributed by atoms with Crippen LogP contribution < -0.4 is 10.2 Å². The van der Waals surface area contributed by atoms with Gasteiger partial charge < -0.3 is 10.2 Å². The van der Waals surface area contributed by atoms with E-state index in [1.807, 2.05) is 6.92 Å². The third-order valence-electron chi connectivity index (χ3n) is 7.37. The number of carbonyl (C=O) groups excluding carboxylic acids is 1. The Balaban J connectivity index is 1.45. The van der Waals surface area contributed by atoms with Crippen LogP contribution in [-0.2, 0) is 13.0 Å². The summed E-state index contributed by atoms with van der Waals surface area (Å²) in [5, 5.41) is 4.37. The molecule has 2 aromatic heterocycles. The Bertz CT molecular complexity index is 1120. The maximum atomic E-state index is 13.2. The van der Waals surface area contributed by atoms with Crippen LogP contribution >= 0.6 is 11.3 Å². The summed E-state index contributed by atoms with van der Waals surface area (Å²) in [4.78, 5) is 26.4. The minimum Gasteiger partial charge on any atom is -0.351 e. The van der Waals surface area contributed by atoms with Gasteiger partial charge in [0.15, 0.2) is 0 Å². The Morgan fingerprint density at radius 2 is 1.97 bits per heavy atom. The van der Waals surface area contributed by atoms with Gasteiger partial charge in [-0.3, -0.25) is 4.79 Å². The van der Waals surface area contributed by atoms with Crippen LogP contribution in [0.15, 0.2) is 30.6 Å². The molecule has 5 rings (SSSR count). The molecule has 1 aliphatic heterocycles. The quantitative estimate of drug-likeness (QED) is 0.622. The average Bonchev–Trinajstić information content (AvgIpc) is 3.13. The van der Waals surface area contributed by atoms with E-state index in [2.05, 4.69) is 58.3 Å². The fourth-order valence-electron chi connectivity index (χ4n) is 5.21. The number of amides is 1. The van der Waals surface area contributed by atoms with Crippen molar-refractivity contribution in [2.45, 2.75) is 59.0 Å². The number of anilines is 1. The first-order valence-electron chi connectivity index (χ1n) is 11.4. The lowest BCUT2D eigenvalue weighted by molar-refractivity contribution is 0.0895. The lowest BCUT2D eigenvalue weighted by Crippen LogP contribution is -2.43. The number of fused-ring (bicyclic) bond motifs is 2. The normalized spacial score (nSPS) is 23.6. The van der Waals surface area contributed by atoms with E-state index in [9.17, 15) is 4.79 Å². The largest absolute Gasteiger partial charge is 0.351 e. The van der Waals surface area contributed by atoms with Crippen molar-refractivity contribution in [3.05, 3.63) is 52.2 Å². The molecule has 31 heavy (non-hydrogen) atoms. The maximum absolute atomic E-state index is 13.2. The van der Waals surface area contributed by atoms with Crippen molar-refractivity contribution in [3.63, 3.8) is 0 Å². The molecule has 5 nitrogen and oxygen atoms in total. The predicted molar refractivity (Wildman–Crippen MR) is 127 cm³/mol. The number of benzene rings is 1. The topological polar surface area (TPSA) is 58.1 Å². The Kier molecular flexibility index (Phi) is 5.42. The zero-order valence-electron chi connectivity index (χ0n) is 18.5. The molecule has 6 heteroatoms. The Morgan fingerprint density at radius 3 is 2.81 bits per heavy atom. The van der Waals surface area contributed by atoms with E-state index >= 15 is 0 Å². The van der Waals surface area contributed by atoms with E-state index < -0.39 is 0 Å². The zero-order chi connectivity index (χ0) is 21.5. The third kappa shape index (κ3) is 3.71. The minimum absolute atomic E-state index is 0.0430. The van der Waals surface area contributed by atoms with Gasteiger partial charge in [0.1, 0.15) is 17.0 Å². The highest BCUT2D eigenvalue weighted by Gasteiger charge is 2.30. The Hall–Kier alpha value is -2.47. The van der Waals surface area contributed by atoms with Gasteiger partial charge in [0, 0.05) is 19.1 Å². The van der Waals surface area contributed by atoms with Crippen LogP contribution in [0.5, 0.6) is 0 Å². The molecule has 1 aliphatic carbocycles. The van der Waals surface area contributed by atoms with E-state index in [-0.39, 0.29) is 11.9 Å². The van der Waals surface area contributed by atoms with Gasteiger partial charge in [-0.1, -0.05) is 51.0 Å².